The summed E-state index contributed by atoms with van der Waals surface area (Å²) in [6.07, 6.45) is 4.74. The van der Waals surface area contributed by atoms with E-state index in [1.54, 1.807) is 0 Å². The van der Waals surface area contributed by atoms with Crippen molar-refractivity contribution < 1.29 is 4.79 Å². The summed E-state index contributed by atoms with van der Waals surface area (Å²) in [5.41, 5.74) is 2.01. The first-order valence-electron chi connectivity index (χ1n) is 6.43. The third-order valence-corrected chi connectivity index (χ3v) is 2.83. The van der Waals surface area contributed by atoms with Crippen LogP contribution in [0.3, 0.4) is 0 Å². The lowest BCUT2D eigenvalue weighted by Gasteiger charge is -2.04. The van der Waals surface area contributed by atoms with Gasteiger partial charge in [-0.3, -0.25) is 4.79 Å². The van der Waals surface area contributed by atoms with Crippen LogP contribution in [0.25, 0.3) is 0 Å². The fourth-order valence-corrected chi connectivity index (χ4v) is 1.78. The first-order chi connectivity index (χ1) is 9.29. The van der Waals surface area contributed by atoms with Crippen molar-refractivity contribution in [3.63, 3.8) is 0 Å². The van der Waals surface area contributed by atoms with Crippen molar-refractivity contribution in [2.45, 2.75) is 32.6 Å². The zero-order chi connectivity index (χ0) is 13.5. The van der Waals surface area contributed by atoms with E-state index >= 15 is 0 Å². The fourth-order valence-electron chi connectivity index (χ4n) is 1.78. The predicted octanol–water partition coefficient (Wildman–Crippen LogP) is 2.18. The number of amides is 1. The summed E-state index contributed by atoms with van der Waals surface area (Å²) in [5, 5.41) is 15.5. The van der Waals surface area contributed by atoms with Crippen LogP contribution in [0.4, 0.5) is 5.69 Å². The largest absolute Gasteiger partial charge is 0.319 e. The van der Waals surface area contributed by atoms with Crippen molar-refractivity contribution in [3.8, 4) is 0 Å². The van der Waals surface area contributed by atoms with Crippen molar-refractivity contribution in [2.24, 2.45) is 0 Å². The molecule has 2 aromatic rings. The Kier molecular flexibility index (Phi) is 4.60. The molecule has 0 saturated carbocycles. The first-order valence-corrected chi connectivity index (χ1v) is 6.43. The Hall–Kier alpha value is -2.24. The summed E-state index contributed by atoms with van der Waals surface area (Å²) < 4.78 is 0. The highest BCUT2D eigenvalue weighted by atomic mass is 16.2. The Morgan fingerprint density at radius 3 is 2.68 bits per heavy atom. The molecule has 0 radical (unpaired) electrons. The second-order valence-corrected chi connectivity index (χ2v) is 4.34. The Balaban J connectivity index is 1.90. The second kappa shape index (κ2) is 6.63. The van der Waals surface area contributed by atoms with Gasteiger partial charge in [-0.2, -0.15) is 5.21 Å². The molecule has 2 rings (SSSR count). The highest BCUT2D eigenvalue weighted by Crippen LogP contribution is 2.12. The summed E-state index contributed by atoms with van der Waals surface area (Å²) in [5.74, 6) is -0.334. The van der Waals surface area contributed by atoms with Crippen LogP contribution >= 0.6 is 0 Å². The molecular weight excluding hydrogens is 242 g/mol. The van der Waals surface area contributed by atoms with Gasteiger partial charge in [0.15, 0.2) is 0 Å². The topological polar surface area (TPSA) is 83.6 Å². The Labute approximate surface area is 111 Å². The molecule has 0 fully saturated rings. The normalized spacial score (nSPS) is 10.4. The number of aromatic amines is 1. The molecule has 19 heavy (non-hydrogen) atoms. The Morgan fingerprint density at radius 2 is 2.05 bits per heavy atom. The van der Waals surface area contributed by atoms with Crippen LogP contribution in [-0.2, 0) is 6.42 Å². The molecule has 6 nitrogen and oxygen atoms in total. The van der Waals surface area contributed by atoms with E-state index in [1.807, 2.05) is 24.3 Å². The van der Waals surface area contributed by atoms with E-state index in [0.29, 0.717) is 0 Å². The Morgan fingerprint density at radius 1 is 1.26 bits per heavy atom. The van der Waals surface area contributed by atoms with Gasteiger partial charge >= 0.3 is 0 Å². The molecule has 0 spiro atoms. The molecule has 100 valence electrons. The molecule has 0 unspecified atom stereocenters. The quantitative estimate of drug-likeness (QED) is 0.779. The maximum absolute atomic E-state index is 11.7. The number of anilines is 1. The van der Waals surface area contributed by atoms with Gasteiger partial charge in [-0.1, -0.05) is 31.9 Å². The summed E-state index contributed by atoms with van der Waals surface area (Å²) >= 11 is 0. The van der Waals surface area contributed by atoms with Gasteiger partial charge in [0.25, 0.3) is 11.7 Å². The summed E-state index contributed by atoms with van der Waals surface area (Å²) in [6, 6.07) is 7.83. The van der Waals surface area contributed by atoms with Crippen LogP contribution in [0.1, 0.15) is 42.4 Å². The van der Waals surface area contributed by atoms with E-state index in [4.69, 9.17) is 0 Å². The molecule has 0 aliphatic heterocycles. The molecule has 1 heterocycles. The molecule has 1 aromatic carbocycles. The number of tetrazole rings is 1. The number of carbonyl (C=O) groups excluding carboxylic acids is 1. The molecule has 1 amide bonds. The van der Waals surface area contributed by atoms with Gasteiger partial charge in [0.05, 0.1) is 0 Å². The zero-order valence-electron chi connectivity index (χ0n) is 10.9. The van der Waals surface area contributed by atoms with Gasteiger partial charge in [0.1, 0.15) is 0 Å². The van der Waals surface area contributed by atoms with Gasteiger partial charge in [-0.15, -0.1) is 10.2 Å². The number of hydrogen-bond donors (Lipinski definition) is 2. The summed E-state index contributed by atoms with van der Waals surface area (Å²) in [6.45, 7) is 2.19. The molecule has 2 N–H and O–H groups in total. The van der Waals surface area contributed by atoms with Gasteiger partial charge in [0, 0.05) is 5.69 Å². The highest BCUT2D eigenvalue weighted by molar-refractivity contribution is 6.01. The van der Waals surface area contributed by atoms with E-state index in [1.165, 1.54) is 24.8 Å². The standard InChI is InChI=1S/C13H17N5O/c1-2-3-4-5-10-6-8-11(9-7-10)14-13(19)12-15-17-18-16-12/h6-9H,2-5H2,1H3,(H,14,19)(H,15,16,17,18). The van der Waals surface area contributed by atoms with Crippen molar-refractivity contribution in [3.05, 3.63) is 35.7 Å². The third kappa shape index (κ3) is 3.87. The number of benzene rings is 1. The zero-order valence-corrected chi connectivity index (χ0v) is 10.9. The average Bonchev–Trinajstić information content (AvgIpc) is 2.95. The van der Waals surface area contributed by atoms with Crippen molar-refractivity contribution in [2.75, 3.05) is 5.32 Å². The number of hydrogen-bond acceptors (Lipinski definition) is 4. The van der Waals surface area contributed by atoms with Crippen LogP contribution in [-0.4, -0.2) is 26.5 Å². The number of H-pyrrole nitrogens is 1. The van der Waals surface area contributed by atoms with E-state index in [2.05, 4.69) is 32.9 Å². The lowest BCUT2D eigenvalue weighted by molar-refractivity contribution is 0.101. The lowest BCUT2D eigenvalue weighted by atomic mass is 10.1. The highest BCUT2D eigenvalue weighted by Gasteiger charge is 2.10. The minimum atomic E-state index is -0.368. The number of aromatic nitrogens is 4. The van der Waals surface area contributed by atoms with E-state index in [9.17, 15) is 4.79 Å². The van der Waals surface area contributed by atoms with Crippen LogP contribution < -0.4 is 5.32 Å². The van der Waals surface area contributed by atoms with Crippen LogP contribution in [0.2, 0.25) is 0 Å². The van der Waals surface area contributed by atoms with Gasteiger partial charge in [-0.25, -0.2) is 0 Å². The van der Waals surface area contributed by atoms with Crippen LogP contribution in [0, 0.1) is 0 Å². The minimum absolute atomic E-state index is 0.0343. The number of aryl methyl sites for hydroxylation is 1. The van der Waals surface area contributed by atoms with Crippen molar-refractivity contribution in [1.82, 2.24) is 20.6 Å². The maximum Gasteiger partial charge on any atom is 0.297 e. The second-order valence-electron chi connectivity index (χ2n) is 4.34. The van der Waals surface area contributed by atoms with Gasteiger partial charge in [-0.05, 0) is 35.8 Å². The van der Waals surface area contributed by atoms with E-state index in [-0.39, 0.29) is 11.7 Å². The van der Waals surface area contributed by atoms with Gasteiger partial charge < -0.3 is 5.32 Å². The van der Waals surface area contributed by atoms with Crippen LogP contribution in [0.15, 0.2) is 24.3 Å². The first kappa shape index (κ1) is 13.2. The molecule has 0 atom stereocenters. The SMILES string of the molecule is CCCCCc1ccc(NC(=O)c2nn[nH]n2)cc1. The third-order valence-electron chi connectivity index (χ3n) is 2.83. The average molecular weight is 259 g/mol. The smallest absolute Gasteiger partial charge is 0.297 e. The van der Waals surface area contributed by atoms with Crippen molar-refractivity contribution >= 4 is 11.6 Å². The molecule has 0 bridgehead atoms. The number of unbranched alkanes of at least 4 members (excludes halogenated alkanes) is 2. The van der Waals surface area contributed by atoms with Crippen molar-refractivity contribution in [1.29, 1.82) is 0 Å². The van der Waals surface area contributed by atoms with E-state index < -0.39 is 0 Å². The predicted molar refractivity (Wildman–Crippen MR) is 71.8 cm³/mol. The van der Waals surface area contributed by atoms with E-state index in [0.717, 1.165) is 12.1 Å². The minimum Gasteiger partial charge on any atom is -0.319 e. The van der Waals surface area contributed by atoms with Crippen LogP contribution in [0.5, 0.6) is 0 Å². The molecule has 0 saturated heterocycles. The molecule has 6 heteroatoms. The Bertz CT molecular complexity index is 506. The lowest BCUT2D eigenvalue weighted by Crippen LogP contribution is -2.13. The number of rotatable bonds is 6. The molecular formula is C13H17N5O. The summed E-state index contributed by atoms with van der Waals surface area (Å²) in [7, 11) is 0. The summed E-state index contributed by atoms with van der Waals surface area (Å²) in [4.78, 5) is 11.7. The molecule has 0 aliphatic carbocycles. The fraction of sp³-hybridized carbons (Fsp3) is 0.385. The molecule has 0 aliphatic rings. The molecule has 1 aromatic heterocycles. The maximum atomic E-state index is 11.7. The number of nitrogens with zero attached hydrogens (tertiary/aromatic N) is 3. The number of nitrogens with one attached hydrogen (secondary N) is 2. The number of carbonyl (C=O) groups is 1. The van der Waals surface area contributed by atoms with Gasteiger partial charge in [0.2, 0.25) is 0 Å². The monoisotopic (exact) mass is 259 g/mol.